The van der Waals surface area contributed by atoms with E-state index in [0.29, 0.717) is 5.75 Å². The van der Waals surface area contributed by atoms with Gasteiger partial charge in [0.1, 0.15) is 11.6 Å². The maximum atomic E-state index is 12.8. The quantitative estimate of drug-likeness (QED) is 0.668. The molecule has 0 fully saturated rings. The number of hydrogen-bond donors (Lipinski definition) is 2. The number of alkyl halides is 3. The summed E-state index contributed by atoms with van der Waals surface area (Å²) in [4.78, 5) is 3.87. The van der Waals surface area contributed by atoms with Crippen molar-refractivity contribution in [3.63, 3.8) is 0 Å². The Labute approximate surface area is 119 Å². The first-order chi connectivity index (χ1) is 9.81. The van der Waals surface area contributed by atoms with Gasteiger partial charge in [-0.2, -0.15) is 18.2 Å². The third kappa shape index (κ3) is 3.43. The molecule has 0 aliphatic rings. The lowest BCUT2D eigenvalue weighted by Crippen LogP contribution is -2.12. The third-order valence-corrected chi connectivity index (χ3v) is 3.05. The summed E-state index contributed by atoms with van der Waals surface area (Å²) in [5.41, 5.74) is 3.02. The second kappa shape index (κ2) is 5.61. The molecule has 1 heterocycles. The smallest absolute Gasteiger partial charge is 0.416 e. The number of nitrogens with two attached hydrogens (primary N) is 1. The van der Waals surface area contributed by atoms with E-state index >= 15 is 0 Å². The Bertz CT molecular complexity index is 656. The fourth-order valence-electron chi connectivity index (χ4n) is 1.74. The second-order valence-electron chi connectivity index (χ2n) is 4.52. The lowest BCUT2D eigenvalue weighted by molar-refractivity contribution is -0.137. The lowest BCUT2D eigenvalue weighted by Gasteiger charge is -2.13. The average molecular weight is 297 g/mol. The first kappa shape index (κ1) is 15.1. The van der Waals surface area contributed by atoms with Gasteiger partial charge in [0.25, 0.3) is 0 Å². The summed E-state index contributed by atoms with van der Waals surface area (Å²) in [7, 11) is 0. The molecule has 2 rings (SSSR count). The molecule has 2 aromatic rings. The van der Waals surface area contributed by atoms with E-state index in [-0.39, 0.29) is 11.7 Å². The summed E-state index contributed by atoms with van der Waals surface area (Å²) < 4.78 is 43.9. The molecule has 0 radical (unpaired) electrons. The SMILES string of the molecule is Cc1cccc(Oc2cc(C(F)(F)F)cc(NN)n2)c1C. The highest BCUT2D eigenvalue weighted by atomic mass is 19.4. The number of nitrogens with one attached hydrogen (secondary N) is 1. The largest absolute Gasteiger partial charge is 0.439 e. The Morgan fingerprint density at radius 1 is 1.19 bits per heavy atom. The van der Waals surface area contributed by atoms with Crippen molar-refractivity contribution >= 4 is 5.82 Å². The molecule has 112 valence electrons. The summed E-state index contributed by atoms with van der Waals surface area (Å²) >= 11 is 0. The van der Waals surface area contributed by atoms with E-state index in [1.165, 1.54) is 0 Å². The molecule has 1 aromatic carbocycles. The van der Waals surface area contributed by atoms with Gasteiger partial charge in [0.2, 0.25) is 5.88 Å². The van der Waals surface area contributed by atoms with Crippen molar-refractivity contribution in [1.82, 2.24) is 4.98 Å². The Hall–Kier alpha value is -2.28. The van der Waals surface area contributed by atoms with Crippen LogP contribution in [0.4, 0.5) is 19.0 Å². The Kier molecular flexibility index (Phi) is 4.04. The summed E-state index contributed by atoms with van der Waals surface area (Å²) in [6, 6.07) is 6.96. The maximum Gasteiger partial charge on any atom is 0.416 e. The summed E-state index contributed by atoms with van der Waals surface area (Å²) in [6.07, 6.45) is -4.51. The van der Waals surface area contributed by atoms with Gasteiger partial charge in [-0.25, -0.2) is 5.84 Å². The van der Waals surface area contributed by atoms with Gasteiger partial charge in [0.15, 0.2) is 0 Å². The number of ether oxygens (including phenoxy) is 1. The molecule has 0 unspecified atom stereocenters. The monoisotopic (exact) mass is 297 g/mol. The molecular weight excluding hydrogens is 283 g/mol. The van der Waals surface area contributed by atoms with E-state index in [2.05, 4.69) is 10.4 Å². The molecule has 3 N–H and O–H groups in total. The molecule has 0 saturated heterocycles. The predicted molar refractivity (Wildman–Crippen MR) is 73.0 cm³/mol. The van der Waals surface area contributed by atoms with Crippen LogP contribution in [0.15, 0.2) is 30.3 Å². The van der Waals surface area contributed by atoms with Crippen molar-refractivity contribution in [2.24, 2.45) is 5.84 Å². The van der Waals surface area contributed by atoms with E-state index in [1.807, 2.05) is 19.9 Å². The van der Waals surface area contributed by atoms with Crippen molar-refractivity contribution < 1.29 is 17.9 Å². The first-order valence-corrected chi connectivity index (χ1v) is 6.11. The number of hydrogen-bond acceptors (Lipinski definition) is 4. The maximum absolute atomic E-state index is 12.8. The number of anilines is 1. The van der Waals surface area contributed by atoms with Crippen LogP contribution in [0.2, 0.25) is 0 Å². The number of nitrogen functional groups attached to an aromatic ring is 1. The van der Waals surface area contributed by atoms with Crippen molar-refractivity contribution in [1.29, 1.82) is 0 Å². The molecule has 0 amide bonds. The normalized spacial score (nSPS) is 11.3. The Morgan fingerprint density at radius 3 is 2.52 bits per heavy atom. The standard InChI is InChI=1S/C14H14F3N3O/c1-8-4-3-5-11(9(8)2)21-13-7-10(14(15,16)17)6-12(19-13)20-18/h3-7H,18H2,1-2H3,(H,19,20). The van der Waals surface area contributed by atoms with Crippen LogP contribution in [0.3, 0.4) is 0 Å². The molecule has 0 atom stereocenters. The minimum atomic E-state index is -4.51. The highest BCUT2D eigenvalue weighted by Crippen LogP contribution is 2.34. The van der Waals surface area contributed by atoms with E-state index in [9.17, 15) is 13.2 Å². The molecular formula is C14H14F3N3O. The molecule has 21 heavy (non-hydrogen) atoms. The van der Waals surface area contributed by atoms with Crippen LogP contribution in [-0.4, -0.2) is 4.98 Å². The summed E-state index contributed by atoms with van der Waals surface area (Å²) in [5.74, 6) is 5.30. The fourth-order valence-corrected chi connectivity index (χ4v) is 1.74. The van der Waals surface area contributed by atoms with Crippen LogP contribution in [0.25, 0.3) is 0 Å². The molecule has 0 saturated carbocycles. The van der Waals surface area contributed by atoms with E-state index < -0.39 is 11.7 Å². The number of hydrazine groups is 1. The van der Waals surface area contributed by atoms with Crippen LogP contribution in [-0.2, 0) is 6.18 Å². The summed E-state index contributed by atoms with van der Waals surface area (Å²) in [5, 5.41) is 0. The van der Waals surface area contributed by atoms with Crippen molar-refractivity contribution in [3.8, 4) is 11.6 Å². The van der Waals surface area contributed by atoms with Gasteiger partial charge in [-0.15, -0.1) is 0 Å². The average Bonchev–Trinajstić information content (AvgIpc) is 2.42. The van der Waals surface area contributed by atoms with E-state index in [0.717, 1.165) is 23.3 Å². The van der Waals surface area contributed by atoms with Crippen molar-refractivity contribution in [2.45, 2.75) is 20.0 Å². The molecule has 7 heteroatoms. The second-order valence-corrected chi connectivity index (χ2v) is 4.52. The van der Waals surface area contributed by atoms with Gasteiger partial charge < -0.3 is 10.2 Å². The highest BCUT2D eigenvalue weighted by Gasteiger charge is 2.32. The van der Waals surface area contributed by atoms with Gasteiger partial charge in [-0.3, -0.25) is 0 Å². The first-order valence-electron chi connectivity index (χ1n) is 6.11. The molecule has 1 aromatic heterocycles. The molecule has 0 aliphatic carbocycles. The number of nitrogens with zero attached hydrogens (tertiary/aromatic N) is 1. The number of halogens is 3. The molecule has 0 aliphatic heterocycles. The van der Waals surface area contributed by atoms with Crippen LogP contribution in [0, 0.1) is 13.8 Å². The number of aromatic nitrogens is 1. The molecule has 0 spiro atoms. The minimum Gasteiger partial charge on any atom is -0.439 e. The fraction of sp³-hybridized carbons (Fsp3) is 0.214. The zero-order valence-corrected chi connectivity index (χ0v) is 11.5. The number of benzene rings is 1. The van der Waals surface area contributed by atoms with Crippen LogP contribution in [0.1, 0.15) is 16.7 Å². The number of rotatable bonds is 3. The van der Waals surface area contributed by atoms with Gasteiger partial charge in [0, 0.05) is 6.07 Å². The highest BCUT2D eigenvalue weighted by molar-refractivity contribution is 5.45. The van der Waals surface area contributed by atoms with Gasteiger partial charge in [-0.05, 0) is 37.1 Å². The van der Waals surface area contributed by atoms with Gasteiger partial charge in [-0.1, -0.05) is 12.1 Å². The zero-order valence-electron chi connectivity index (χ0n) is 11.5. The third-order valence-electron chi connectivity index (χ3n) is 3.05. The van der Waals surface area contributed by atoms with Crippen LogP contribution in [0.5, 0.6) is 11.6 Å². The molecule has 0 bridgehead atoms. The van der Waals surface area contributed by atoms with Crippen molar-refractivity contribution in [2.75, 3.05) is 5.43 Å². The Balaban J connectivity index is 2.42. The number of pyridine rings is 1. The van der Waals surface area contributed by atoms with E-state index in [4.69, 9.17) is 10.6 Å². The molecule has 4 nitrogen and oxygen atoms in total. The number of aryl methyl sites for hydroxylation is 1. The van der Waals surface area contributed by atoms with Crippen LogP contribution >= 0.6 is 0 Å². The Morgan fingerprint density at radius 2 is 1.90 bits per heavy atom. The minimum absolute atomic E-state index is 0.120. The zero-order chi connectivity index (χ0) is 15.6. The van der Waals surface area contributed by atoms with E-state index in [1.54, 1.807) is 12.1 Å². The predicted octanol–water partition coefficient (Wildman–Crippen LogP) is 3.80. The van der Waals surface area contributed by atoms with Crippen LogP contribution < -0.4 is 16.0 Å². The van der Waals surface area contributed by atoms with Gasteiger partial charge in [0.05, 0.1) is 5.56 Å². The topological polar surface area (TPSA) is 60.2 Å². The summed E-state index contributed by atoms with van der Waals surface area (Å²) in [6.45, 7) is 3.70. The van der Waals surface area contributed by atoms with Gasteiger partial charge >= 0.3 is 6.18 Å². The van der Waals surface area contributed by atoms with Crippen molar-refractivity contribution in [3.05, 3.63) is 47.0 Å². The lowest BCUT2D eigenvalue weighted by atomic mass is 10.1.